The number of nitrogens with zero attached hydrogens (tertiary/aromatic N) is 4. The van der Waals surface area contributed by atoms with E-state index in [0.29, 0.717) is 25.0 Å². The summed E-state index contributed by atoms with van der Waals surface area (Å²) >= 11 is 1.68. The van der Waals surface area contributed by atoms with Gasteiger partial charge in [-0.2, -0.15) is 0 Å². The van der Waals surface area contributed by atoms with Crippen LogP contribution >= 0.6 is 11.3 Å². The van der Waals surface area contributed by atoms with E-state index in [0.717, 1.165) is 28.9 Å². The summed E-state index contributed by atoms with van der Waals surface area (Å²) in [6, 6.07) is 13.2. The summed E-state index contributed by atoms with van der Waals surface area (Å²) < 4.78 is 0. The minimum atomic E-state index is 0.247. The molecule has 2 unspecified atom stereocenters. The second kappa shape index (κ2) is 8.49. The summed E-state index contributed by atoms with van der Waals surface area (Å²) in [4.78, 5) is 28.2. The second-order valence-electron chi connectivity index (χ2n) is 7.99. The van der Waals surface area contributed by atoms with Crippen molar-refractivity contribution in [3.05, 3.63) is 42.7 Å². The maximum absolute atomic E-state index is 12.9. The predicted molar refractivity (Wildman–Crippen MR) is 120 cm³/mol. The van der Waals surface area contributed by atoms with E-state index in [9.17, 15) is 4.79 Å². The fourth-order valence-corrected chi connectivity index (χ4v) is 5.30. The van der Waals surface area contributed by atoms with Crippen molar-refractivity contribution in [1.82, 2.24) is 14.9 Å². The minimum Gasteiger partial charge on any atom is -0.359 e. The highest BCUT2D eigenvalue weighted by Gasteiger charge is 2.28. The van der Waals surface area contributed by atoms with E-state index in [1.54, 1.807) is 17.7 Å². The van der Waals surface area contributed by atoms with E-state index in [4.69, 9.17) is 0 Å². The van der Waals surface area contributed by atoms with Gasteiger partial charge in [-0.15, -0.1) is 11.3 Å². The van der Waals surface area contributed by atoms with Crippen molar-refractivity contribution >= 4 is 33.3 Å². The summed E-state index contributed by atoms with van der Waals surface area (Å²) in [6.07, 6.45) is 5.56. The highest BCUT2D eigenvalue weighted by Crippen LogP contribution is 2.35. The fraction of sp³-hybridized carbons (Fsp3) is 0.435. The molecular weight excluding hydrogens is 380 g/mol. The third kappa shape index (κ3) is 4.13. The lowest BCUT2D eigenvalue weighted by Crippen LogP contribution is -2.48. The van der Waals surface area contributed by atoms with Gasteiger partial charge in [0.2, 0.25) is 5.91 Å². The number of aromatic nitrogens is 2. The number of rotatable bonds is 5. The molecule has 2 atom stereocenters. The van der Waals surface area contributed by atoms with E-state index < -0.39 is 0 Å². The van der Waals surface area contributed by atoms with Gasteiger partial charge in [0.1, 0.15) is 17.0 Å². The zero-order chi connectivity index (χ0) is 20.4. The van der Waals surface area contributed by atoms with Crippen LogP contribution in [0.25, 0.3) is 20.7 Å². The van der Waals surface area contributed by atoms with Crippen molar-refractivity contribution in [3.8, 4) is 10.4 Å². The number of anilines is 1. The van der Waals surface area contributed by atoms with Gasteiger partial charge in [-0.05, 0) is 44.7 Å². The quantitative estimate of drug-likeness (QED) is 0.598. The molecule has 1 aliphatic rings. The molecule has 1 amide bonds. The maximum atomic E-state index is 12.9. The van der Waals surface area contributed by atoms with Crippen molar-refractivity contribution in [2.45, 2.75) is 51.6 Å². The predicted octanol–water partition coefficient (Wildman–Crippen LogP) is 4.97. The van der Waals surface area contributed by atoms with Crippen LogP contribution in [0.1, 0.15) is 39.5 Å². The number of benzene rings is 1. The molecular formula is C23H28N4OS. The van der Waals surface area contributed by atoms with Gasteiger partial charge in [0.25, 0.3) is 0 Å². The molecule has 1 aliphatic heterocycles. The van der Waals surface area contributed by atoms with E-state index in [2.05, 4.69) is 51.8 Å². The fourth-order valence-electron chi connectivity index (χ4n) is 4.30. The highest BCUT2D eigenvalue weighted by atomic mass is 32.1. The smallest absolute Gasteiger partial charge is 0.224 e. The molecule has 0 saturated carbocycles. The molecule has 0 radical (unpaired) electrons. The molecule has 152 valence electrons. The first kappa shape index (κ1) is 19.8. The van der Waals surface area contributed by atoms with Crippen LogP contribution in [0.15, 0.2) is 42.7 Å². The Kier molecular flexibility index (Phi) is 5.81. The SMILES string of the molecule is CC1CCCC(C)N1C(=O)CCN(C)c1ncnc2sc(-c3ccccc3)cc12. The zero-order valence-corrected chi connectivity index (χ0v) is 18.2. The Labute approximate surface area is 176 Å². The third-order valence-corrected chi connectivity index (χ3v) is 6.96. The number of piperidine rings is 1. The van der Waals surface area contributed by atoms with Crippen LogP contribution in [-0.2, 0) is 4.79 Å². The van der Waals surface area contributed by atoms with Crippen molar-refractivity contribution in [3.63, 3.8) is 0 Å². The molecule has 6 heteroatoms. The summed E-state index contributed by atoms with van der Waals surface area (Å²) in [5, 5.41) is 1.05. The number of carbonyl (C=O) groups excluding carboxylic acids is 1. The standard InChI is InChI=1S/C23H28N4OS/c1-16-8-7-9-17(2)27(16)21(28)12-13-26(3)22-19-14-20(18-10-5-4-6-11-18)29-23(19)25-15-24-22/h4-6,10-11,14-17H,7-9,12-13H2,1-3H3. The largest absolute Gasteiger partial charge is 0.359 e. The van der Waals surface area contributed by atoms with E-state index in [-0.39, 0.29) is 5.91 Å². The summed E-state index contributed by atoms with van der Waals surface area (Å²) in [5.74, 6) is 1.14. The highest BCUT2D eigenvalue weighted by molar-refractivity contribution is 7.21. The van der Waals surface area contributed by atoms with Crippen LogP contribution in [0.5, 0.6) is 0 Å². The molecule has 0 spiro atoms. The van der Waals surface area contributed by atoms with Crippen LogP contribution < -0.4 is 4.90 Å². The van der Waals surface area contributed by atoms with Gasteiger partial charge in [0.05, 0.1) is 5.39 Å². The molecule has 3 heterocycles. The van der Waals surface area contributed by atoms with Crippen molar-refractivity contribution in [1.29, 1.82) is 0 Å². The number of hydrogen-bond acceptors (Lipinski definition) is 5. The molecule has 1 fully saturated rings. The average molecular weight is 409 g/mol. The Bertz CT molecular complexity index is 977. The molecule has 2 aromatic heterocycles. The lowest BCUT2D eigenvalue weighted by Gasteiger charge is -2.39. The second-order valence-corrected chi connectivity index (χ2v) is 9.02. The van der Waals surface area contributed by atoms with Gasteiger partial charge in [0.15, 0.2) is 0 Å². The van der Waals surface area contributed by atoms with Crippen LogP contribution in [0.2, 0.25) is 0 Å². The van der Waals surface area contributed by atoms with Gasteiger partial charge in [-0.3, -0.25) is 4.79 Å². The maximum Gasteiger partial charge on any atom is 0.224 e. The van der Waals surface area contributed by atoms with Crippen molar-refractivity contribution < 1.29 is 4.79 Å². The number of thiophene rings is 1. The normalized spacial score (nSPS) is 19.5. The summed E-state index contributed by atoms with van der Waals surface area (Å²) in [5.41, 5.74) is 1.19. The molecule has 0 bridgehead atoms. The van der Waals surface area contributed by atoms with Crippen LogP contribution in [0.4, 0.5) is 5.82 Å². The van der Waals surface area contributed by atoms with Crippen molar-refractivity contribution in [2.75, 3.05) is 18.5 Å². The van der Waals surface area contributed by atoms with Gasteiger partial charge < -0.3 is 9.80 Å². The molecule has 1 aromatic carbocycles. The summed E-state index contributed by atoms with van der Waals surface area (Å²) in [7, 11) is 2.01. The Morgan fingerprint density at radius 1 is 1.17 bits per heavy atom. The lowest BCUT2D eigenvalue weighted by atomic mass is 9.97. The van der Waals surface area contributed by atoms with E-state index in [1.807, 2.05) is 25.2 Å². The van der Waals surface area contributed by atoms with Crippen LogP contribution in [0, 0.1) is 0 Å². The molecule has 0 aliphatic carbocycles. The Hall–Kier alpha value is -2.47. The van der Waals surface area contributed by atoms with Gasteiger partial charge in [0, 0.05) is 37.0 Å². The topological polar surface area (TPSA) is 49.3 Å². The Morgan fingerprint density at radius 3 is 2.62 bits per heavy atom. The van der Waals surface area contributed by atoms with E-state index >= 15 is 0 Å². The monoisotopic (exact) mass is 408 g/mol. The van der Waals surface area contributed by atoms with Crippen molar-refractivity contribution in [2.24, 2.45) is 0 Å². The molecule has 4 rings (SSSR count). The number of amides is 1. The molecule has 0 N–H and O–H groups in total. The number of carbonyl (C=O) groups is 1. The van der Waals surface area contributed by atoms with Crippen LogP contribution in [-0.4, -0.2) is 46.5 Å². The molecule has 29 heavy (non-hydrogen) atoms. The number of hydrogen-bond donors (Lipinski definition) is 0. The molecule has 1 saturated heterocycles. The van der Waals surface area contributed by atoms with Crippen LogP contribution in [0.3, 0.4) is 0 Å². The number of fused-ring (bicyclic) bond motifs is 1. The molecule has 5 nitrogen and oxygen atoms in total. The number of likely N-dealkylation sites (tertiary alicyclic amines) is 1. The van der Waals surface area contributed by atoms with E-state index in [1.165, 1.54) is 16.9 Å². The Balaban J connectivity index is 1.50. The Morgan fingerprint density at radius 2 is 1.90 bits per heavy atom. The zero-order valence-electron chi connectivity index (χ0n) is 17.3. The summed E-state index contributed by atoms with van der Waals surface area (Å²) in [6.45, 7) is 4.99. The first-order valence-corrected chi connectivity index (χ1v) is 11.2. The first-order valence-electron chi connectivity index (χ1n) is 10.4. The molecule has 3 aromatic rings. The lowest BCUT2D eigenvalue weighted by molar-refractivity contribution is -0.137. The van der Waals surface area contributed by atoms with Gasteiger partial charge in [-0.1, -0.05) is 30.3 Å². The average Bonchev–Trinajstić information content (AvgIpc) is 3.17. The van der Waals surface area contributed by atoms with Gasteiger partial charge in [-0.25, -0.2) is 9.97 Å². The third-order valence-electron chi connectivity index (χ3n) is 5.87. The van der Waals surface area contributed by atoms with Gasteiger partial charge >= 0.3 is 0 Å². The minimum absolute atomic E-state index is 0.247. The first-order chi connectivity index (χ1) is 14.0.